The molecule has 1 rings (SSSR count). The van der Waals surface area contributed by atoms with Crippen LogP contribution in [0.25, 0.3) is 0 Å². The van der Waals surface area contributed by atoms with E-state index in [4.69, 9.17) is 16.7 Å². The summed E-state index contributed by atoms with van der Waals surface area (Å²) in [5.41, 5.74) is 0.140. The van der Waals surface area contributed by atoms with Gasteiger partial charge in [-0.3, -0.25) is 4.79 Å². The fourth-order valence-corrected chi connectivity index (χ4v) is 1.48. The molecule has 0 saturated carbocycles. The number of thioether (sulfide) groups is 1. The zero-order valence-electron chi connectivity index (χ0n) is 7.95. The lowest BCUT2D eigenvalue weighted by atomic mass is 10.2. The summed E-state index contributed by atoms with van der Waals surface area (Å²) in [6.45, 7) is 0. The molecule has 0 fully saturated rings. The number of halogens is 1. The Labute approximate surface area is 96.3 Å². The van der Waals surface area contributed by atoms with Crippen molar-refractivity contribution >= 4 is 29.3 Å². The fourth-order valence-electron chi connectivity index (χ4n) is 0.958. The Balaban J connectivity index is 2.94. The molecule has 0 unspecified atom stereocenters. The summed E-state index contributed by atoms with van der Waals surface area (Å²) >= 11 is 7.19. The van der Waals surface area contributed by atoms with E-state index in [-0.39, 0.29) is 28.0 Å². The van der Waals surface area contributed by atoms with Crippen LogP contribution in [0.3, 0.4) is 0 Å². The third-order valence-electron chi connectivity index (χ3n) is 1.69. The lowest BCUT2D eigenvalue weighted by molar-refractivity contribution is 0.0960. The third-order valence-corrected chi connectivity index (χ3v) is 2.43. The Morgan fingerprint density at radius 1 is 1.47 bits per heavy atom. The molecule has 0 bridgehead atoms. The van der Waals surface area contributed by atoms with Gasteiger partial charge in [0, 0.05) is 6.07 Å². The lowest BCUT2D eigenvalue weighted by Crippen LogP contribution is -2.22. The zero-order chi connectivity index (χ0) is 11.4. The summed E-state index contributed by atoms with van der Waals surface area (Å²) in [4.78, 5) is 11.5. The van der Waals surface area contributed by atoms with E-state index in [9.17, 15) is 9.90 Å². The van der Waals surface area contributed by atoms with E-state index in [1.807, 2.05) is 6.26 Å². The molecular weight excluding hydrogens is 238 g/mol. The fraction of sp³-hybridized carbons (Fsp3) is 0.222. The number of benzene rings is 1. The number of amides is 1. The molecule has 6 heteroatoms. The Morgan fingerprint density at radius 3 is 2.67 bits per heavy atom. The van der Waals surface area contributed by atoms with Crippen LogP contribution in [-0.2, 0) is 0 Å². The van der Waals surface area contributed by atoms with E-state index in [2.05, 4.69) is 5.32 Å². The molecule has 15 heavy (non-hydrogen) atoms. The third kappa shape index (κ3) is 2.94. The molecule has 0 radical (unpaired) electrons. The van der Waals surface area contributed by atoms with Gasteiger partial charge in [0.25, 0.3) is 5.91 Å². The van der Waals surface area contributed by atoms with Gasteiger partial charge in [0.1, 0.15) is 0 Å². The minimum absolute atomic E-state index is 0.101. The minimum Gasteiger partial charge on any atom is -0.504 e. The smallest absolute Gasteiger partial charge is 0.253 e. The van der Waals surface area contributed by atoms with E-state index < -0.39 is 0 Å². The molecule has 0 aliphatic rings. The summed E-state index contributed by atoms with van der Waals surface area (Å²) < 4.78 is 0. The van der Waals surface area contributed by atoms with Crippen LogP contribution in [0.15, 0.2) is 12.1 Å². The summed E-state index contributed by atoms with van der Waals surface area (Å²) in [7, 11) is 0. The van der Waals surface area contributed by atoms with Crippen molar-refractivity contribution < 1.29 is 15.0 Å². The summed E-state index contributed by atoms with van der Waals surface area (Å²) in [6.07, 6.45) is 1.84. The maximum absolute atomic E-state index is 11.5. The Bertz CT molecular complexity index is 384. The SMILES string of the molecule is CSCNC(=O)c1cc(O)c(O)cc1Cl. The van der Waals surface area contributed by atoms with E-state index in [0.717, 1.165) is 12.1 Å². The monoisotopic (exact) mass is 247 g/mol. The topological polar surface area (TPSA) is 69.6 Å². The Hall–Kier alpha value is -1.07. The van der Waals surface area contributed by atoms with E-state index in [1.54, 1.807) is 0 Å². The highest BCUT2D eigenvalue weighted by atomic mass is 35.5. The molecule has 3 N–H and O–H groups in total. The quantitative estimate of drug-likeness (QED) is 0.563. The van der Waals surface area contributed by atoms with Gasteiger partial charge in [-0.2, -0.15) is 0 Å². The number of phenolic OH excluding ortho intramolecular Hbond substituents is 2. The van der Waals surface area contributed by atoms with Crippen molar-refractivity contribution in [2.75, 3.05) is 12.1 Å². The molecule has 0 aromatic heterocycles. The van der Waals surface area contributed by atoms with Gasteiger partial charge in [-0.1, -0.05) is 11.6 Å². The first kappa shape index (κ1) is 12.0. The molecule has 4 nitrogen and oxygen atoms in total. The molecule has 0 heterocycles. The van der Waals surface area contributed by atoms with Gasteiger partial charge in [-0.15, -0.1) is 11.8 Å². The maximum atomic E-state index is 11.5. The Kier molecular flexibility index (Phi) is 4.11. The number of phenols is 2. The number of carbonyl (C=O) groups is 1. The van der Waals surface area contributed by atoms with E-state index in [0.29, 0.717) is 5.88 Å². The van der Waals surface area contributed by atoms with Gasteiger partial charge < -0.3 is 15.5 Å². The van der Waals surface area contributed by atoms with Crippen LogP contribution in [0, 0.1) is 0 Å². The molecule has 1 aromatic rings. The van der Waals surface area contributed by atoms with Gasteiger partial charge in [0.15, 0.2) is 11.5 Å². The molecule has 1 aromatic carbocycles. The van der Waals surface area contributed by atoms with Crippen molar-refractivity contribution in [1.29, 1.82) is 0 Å². The van der Waals surface area contributed by atoms with E-state index in [1.165, 1.54) is 11.8 Å². The zero-order valence-corrected chi connectivity index (χ0v) is 9.52. The summed E-state index contributed by atoms with van der Waals surface area (Å²) in [5.74, 6) is -0.642. The van der Waals surface area contributed by atoms with E-state index >= 15 is 0 Å². The van der Waals surface area contributed by atoms with Crippen LogP contribution in [-0.4, -0.2) is 28.3 Å². The van der Waals surface area contributed by atoms with Crippen LogP contribution >= 0.6 is 23.4 Å². The van der Waals surface area contributed by atoms with Gasteiger partial charge in [0.2, 0.25) is 0 Å². The molecule has 0 aliphatic carbocycles. The highest BCUT2D eigenvalue weighted by molar-refractivity contribution is 7.98. The van der Waals surface area contributed by atoms with Crippen molar-refractivity contribution in [2.45, 2.75) is 0 Å². The predicted octanol–water partition coefficient (Wildman–Crippen LogP) is 1.80. The standard InChI is InChI=1S/C9H10ClNO3S/c1-15-4-11-9(14)5-2-7(12)8(13)3-6(5)10/h2-3,12-13H,4H2,1H3,(H,11,14). The highest BCUT2D eigenvalue weighted by Gasteiger charge is 2.13. The molecular formula is C9H10ClNO3S. The normalized spacial score (nSPS) is 10.0. The summed E-state index contributed by atoms with van der Waals surface area (Å²) in [5, 5.41) is 21.0. The van der Waals surface area contributed by atoms with Gasteiger partial charge in [-0.25, -0.2) is 0 Å². The number of nitrogens with one attached hydrogen (secondary N) is 1. The maximum Gasteiger partial charge on any atom is 0.253 e. The predicted molar refractivity (Wildman–Crippen MR) is 60.6 cm³/mol. The molecule has 1 amide bonds. The lowest BCUT2D eigenvalue weighted by Gasteiger charge is -2.06. The Morgan fingerprint density at radius 2 is 2.07 bits per heavy atom. The average Bonchev–Trinajstić information content (AvgIpc) is 2.20. The van der Waals surface area contributed by atoms with Crippen LogP contribution in [0.5, 0.6) is 11.5 Å². The van der Waals surface area contributed by atoms with Crippen molar-refractivity contribution in [3.05, 3.63) is 22.7 Å². The second-order valence-corrected chi connectivity index (χ2v) is 4.03. The van der Waals surface area contributed by atoms with Crippen LogP contribution in [0.1, 0.15) is 10.4 Å². The number of carbonyl (C=O) groups excluding carboxylic acids is 1. The van der Waals surface area contributed by atoms with Crippen molar-refractivity contribution in [2.24, 2.45) is 0 Å². The van der Waals surface area contributed by atoms with Crippen LogP contribution in [0.4, 0.5) is 0 Å². The first-order chi connectivity index (χ1) is 7.06. The minimum atomic E-state index is -0.385. The second-order valence-electron chi connectivity index (χ2n) is 2.76. The van der Waals surface area contributed by atoms with Crippen LogP contribution < -0.4 is 5.32 Å². The van der Waals surface area contributed by atoms with Crippen molar-refractivity contribution in [3.8, 4) is 11.5 Å². The van der Waals surface area contributed by atoms with Crippen molar-refractivity contribution in [3.63, 3.8) is 0 Å². The largest absolute Gasteiger partial charge is 0.504 e. The highest BCUT2D eigenvalue weighted by Crippen LogP contribution is 2.31. The molecule has 82 valence electrons. The first-order valence-corrected chi connectivity index (χ1v) is 5.82. The van der Waals surface area contributed by atoms with Crippen molar-refractivity contribution in [1.82, 2.24) is 5.32 Å². The second kappa shape index (κ2) is 5.14. The average molecular weight is 248 g/mol. The molecule has 0 spiro atoms. The van der Waals surface area contributed by atoms with Crippen LogP contribution in [0.2, 0.25) is 5.02 Å². The summed E-state index contributed by atoms with van der Waals surface area (Å²) in [6, 6.07) is 2.26. The molecule has 0 saturated heterocycles. The van der Waals surface area contributed by atoms with Gasteiger partial charge in [-0.05, 0) is 12.3 Å². The number of hydrogen-bond acceptors (Lipinski definition) is 4. The van der Waals surface area contributed by atoms with Gasteiger partial charge >= 0.3 is 0 Å². The number of aromatic hydroxyl groups is 2. The first-order valence-electron chi connectivity index (χ1n) is 4.05. The number of hydrogen-bond donors (Lipinski definition) is 3. The molecule has 0 atom stereocenters. The molecule has 0 aliphatic heterocycles. The number of rotatable bonds is 3. The van der Waals surface area contributed by atoms with Gasteiger partial charge in [0.05, 0.1) is 16.5 Å².